The van der Waals surface area contributed by atoms with E-state index in [0.29, 0.717) is 11.5 Å². The van der Waals surface area contributed by atoms with E-state index in [4.69, 9.17) is 4.74 Å². The zero-order valence-electron chi connectivity index (χ0n) is 11.5. The molecule has 0 fully saturated rings. The van der Waals surface area contributed by atoms with Crippen LogP contribution < -0.4 is 0 Å². The molecule has 0 aromatic rings. The highest BCUT2D eigenvalue weighted by atomic mass is 16.6. The van der Waals surface area contributed by atoms with Gasteiger partial charge >= 0.3 is 5.97 Å². The second-order valence-electron chi connectivity index (χ2n) is 5.66. The summed E-state index contributed by atoms with van der Waals surface area (Å²) in [7, 11) is 0. The van der Waals surface area contributed by atoms with Crippen LogP contribution in [-0.4, -0.2) is 11.6 Å². The summed E-state index contributed by atoms with van der Waals surface area (Å²) in [5, 5.41) is 0. The van der Waals surface area contributed by atoms with Crippen molar-refractivity contribution >= 4 is 5.97 Å². The molecule has 1 rings (SSSR count). The molecule has 2 heteroatoms. The molecule has 17 heavy (non-hydrogen) atoms. The van der Waals surface area contributed by atoms with Crippen molar-refractivity contribution in [1.82, 2.24) is 0 Å². The van der Waals surface area contributed by atoms with E-state index in [9.17, 15) is 4.79 Å². The first-order valence-corrected chi connectivity index (χ1v) is 6.37. The molecule has 1 atom stereocenters. The number of hydrogen-bond donors (Lipinski definition) is 0. The summed E-state index contributed by atoms with van der Waals surface area (Å²) >= 11 is 0. The SMILES string of the molecule is C=C(C)C(=O)OC(C)(C)C1CCCC=C(C)C1. The Morgan fingerprint density at radius 3 is 2.76 bits per heavy atom. The van der Waals surface area contributed by atoms with Crippen LogP contribution in [0, 0.1) is 5.92 Å². The predicted octanol–water partition coefficient (Wildman–Crippen LogP) is 4.02. The summed E-state index contributed by atoms with van der Waals surface area (Å²) in [4.78, 5) is 11.6. The molecular weight excluding hydrogens is 212 g/mol. The summed E-state index contributed by atoms with van der Waals surface area (Å²) in [6.07, 6.45) is 6.76. The highest BCUT2D eigenvalue weighted by molar-refractivity contribution is 5.87. The normalized spacial score (nSPS) is 21.4. The van der Waals surface area contributed by atoms with Crippen molar-refractivity contribution in [2.75, 3.05) is 0 Å². The molecule has 0 amide bonds. The first kappa shape index (κ1) is 14.0. The number of rotatable bonds is 3. The summed E-state index contributed by atoms with van der Waals surface area (Å²) in [6, 6.07) is 0. The molecule has 0 N–H and O–H groups in total. The molecule has 0 radical (unpaired) electrons. The fourth-order valence-electron chi connectivity index (χ4n) is 2.29. The van der Waals surface area contributed by atoms with E-state index in [1.54, 1.807) is 6.92 Å². The van der Waals surface area contributed by atoms with Crippen LogP contribution in [0.3, 0.4) is 0 Å². The van der Waals surface area contributed by atoms with Crippen molar-refractivity contribution in [2.45, 2.75) is 59.0 Å². The Morgan fingerprint density at radius 2 is 2.18 bits per heavy atom. The van der Waals surface area contributed by atoms with Crippen LogP contribution in [0.1, 0.15) is 53.4 Å². The number of allylic oxidation sites excluding steroid dienone is 2. The van der Waals surface area contributed by atoms with Crippen molar-refractivity contribution in [2.24, 2.45) is 5.92 Å². The van der Waals surface area contributed by atoms with Gasteiger partial charge in [0.15, 0.2) is 0 Å². The summed E-state index contributed by atoms with van der Waals surface area (Å²) in [5.74, 6) is 0.130. The van der Waals surface area contributed by atoms with Gasteiger partial charge < -0.3 is 4.74 Å². The Bertz CT molecular complexity index is 337. The minimum Gasteiger partial charge on any atom is -0.456 e. The van der Waals surface area contributed by atoms with Crippen LogP contribution in [0.5, 0.6) is 0 Å². The molecule has 0 saturated carbocycles. The first-order chi connectivity index (χ1) is 7.83. The quantitative estimate of drug-likeness (QED) is 0.420. The number of hydrogen-bond acceptors (Lipinski definition) is 2. The Balaban J connectivity index is 2.71. The zero-order valence-corrected chi connectivity index (χ0v) is 11.5. The van der Waals surface area contributed by atoms with Gasteiger partial charge in [-0.25, -0.2) is 4.79 Å². The molecule has 1 aliphatic rings. The van der Waals surface area contributed by atoms with Gasteiger partial charge in [0.05, 0.1) is 0 Å². The third kappa shape index (κ3) is 4.03. The van der Waals surface area contributed by atoms with Gasteiger partial charge in [-0.05, 0) is 53.4 Å². The Kier molecular flexibility index (Phi) is 4.55. The zero-order chi connectivity index (χ0) is 13.1. The van der Waals surface area contributed by atoms with Crippen molar-refractivity contribution in [3.05, 3.63) is 23.8 Å². The van der Waals surface area contributed by atoms with Crippen LogP contribution >= 0.6 is 0 Å². The van der Waals surface area contributed by atoms with Gasteiger partial charge in [-0.15, -0.1) is 0 Å². The average molecular weight is 236 g/mol. The fourth-order valence-corrected chi connectivity index (χ4v) is 2.29. The second kappa shape index (κ2) is 5.52. The third-order valence-electron chi connectivity index (χ3n) is 3.51. The average Bonchev–Trinajstić information content (AvgIpc) is 2.42. The van der Waals surface area contributed by atoms with E-state index in [2.05, 4.69) is 19.6 Å². The molecule has 0 heterocycles. The van der Waals surface area contributed by atoms with E-state index < -0.39 is 5.60 Å². The lowest BCUT2D eigenvalue weighted by Crippen LogP contribution is -2.37. The summed E-state index contributed by atoms with van der Waals surface area (Å²) in [6.45, 7) is 11.5. The predicted molar refractivity (Wildman–Crippen MR) is 70.7 cm³/mol. The van der Waals surface area contributed by atoms with Crippen LogP contribution in [0.25, 0.3) is 0 Å². The lowest BCUT2D eigenvalue weighted by Gasteiger charge is -2.34. The first-order valence-electron chi connectivity index (χ1n) is 6.37. The van der Waals surface area contributed by atoms with Crippen molar-refractivity contribution in [3.8, 4) is 0 Å². The number of carbonyl (C=O) groups excluding carboxylic acids is 1. The van der Waals surface area contributed by atoms with Crippen molar-refractivity contribution < 1.29 is 9.53 Å². The van der Waals surface area contributed by atoms with Gasteiger partial charge in [-0.1, -0.05) is 18.2 Å². The standard InChI is InChI=1S/C15H24O2/c1-11(2)14(16)17-15(4,5)13-9-7-6-8-12(3)10-13/h8,13H,1,6-7,9-10H2,2-5H3. The lowest BCUT2D eigenvalue weighted by atomic mass is 9.83. The second-order valence-corrected chi connectivity index (χ2v) is 5.66. The van der Waals surface area contributed by atoms with Gasteiger partial charge in [0.1, 0.15) is 5.60 Å². The molecule has 0 aromatic carbocycles. The molecule has 0 spiro atoms. The smallest absolute Gasteiger partial charge is 0.333 e. The maximum atomic E-state index is 11.6. The highest BCUT2D eigenvalue weighted by Gasteiger charge is 2.33. The molecule has 96 valence electrons. The number of ether oxygens (including phenoxy) is 1. The van der Waals surface area contributed by atoms with E-state index in [-0.39, 0.29) is 5.97 Å². The monoisotopic (exact) mass is 236 g/mol. The maximum absolute atomic E-state index is 11.6. The minimum atomic E-state index is -0.407. The highest BCUT2D eigenvalue weighted by Crippen LogP contribution is 2.34. The Hall–Kier alpha value is -1.05. The molecule has 1 aliphatic carbocycles. The molecule has 0 aromatic heterocycles. The van der Waals surface area contributed by atoms with Gasteiger partial charge in [0.25, 0.3) is 0 Å². The van der Waals surface area contributed by atoms with Crippen LogP contribution in [0.2, 0.25) is 0 Å². The Morgan fingerprint density at radius 1 is 1.53 bits per heavy atom. The van der Waals surface area contributed by atoms with Gasteiger partial charge in [0.2, 0.25) is 0 Å². The summed E-state index contributed by atoms with van der Waals surface area (Å²) < 4.78 is 5.58. The molecule has 0 aliphatic heterocycles. The molecule has 2 nitrogen and oxygen atoms in total. The molecule has 0 saturated heterocycles. The lowest BCUT2D eigenvalue weighted by molar-refractivity contribution is -0.157. The van der Waals surface area contributed by atoms with Crippen LogP contribution in [-0.2, 0) is 9.53 Å². The molecular formula is C15H24O2. The molecule has 1 unspecified atom stereocenters. The van der Waals surface area contributed by atoms with E-state index in [1.165, 1.54) is 12.0 Å². The van der Waals surface area contributed by atoms with Crippen LogP contribution in [0.4, 0.5) is 0 Å². The van der Waals surface area contributed by atoms with E-state index in [1.807, 2.05) is 13.8 Å². The maximum Gasteiger partial charge on any atom is 0.333 e. The summed E-state index contributed by atoms with van der Waals surface area (Å²) in [5.41, 5.74) is 1.47. The van der Waals surface area contributed by atoms with Crippen molar-refractivity contribution in [3.63, 3.8) is 0 Å². The van der Waals surface area contributed by atoms with Gasteiger partial charge in [0, 0.05) is 11.5 Å². The van der Waals surface area contributed by atoms with E-state index in [0.717, 1.165) is 19.3 Å². The van der Waals surface area contributed by atoms with Gasteiger partial charge in [-0.2, -0.15) is 0 Å². The minimum absolute atomic E-state index is 0.277. The topological polar surface area (TPSA) is 26.3 Å². The van der Waals surface area contributed by atoms with Crippen LogP contribution in [0.15, 0.2) is 23.8 Å². The third-order valence-corrected chi connectivity index (χ3v) is 3.51. The van der Waals surface area contributed by atoms with Crippen molar-refractivity contribution in [1.29, 1.82) is 0 Å². The van der Waals surface area contributed by atoms with Gasteiger partial charge in [-0.3, -0.25) is 0 Å². The Labute approximate surface area is 105 Å². The number of carbonyl (C=O) groups is 1. The van der Waals surface area contributed by atoms with E-state index >= 15 is 0 Å². The largest absolute Gasteiger partial charge is 0.456 e. The fraction of sp³-hybridized carbons (Fsp3) is 0.667. The molecule has 0 bridgehead atoms. The number of esters is 1.